The quantitative estimate of drug-likeness (QED) is 0.510. The highest BCUT2D eigenvalue weighted by atomic mass is 31.2. The van der Waals surface area contributed by atoms with Crippen LogP contribution in [0.4, 0.5) is 0 Å². The first kappa shape index (κ1) is 21.5. The number of carbonyl (C=O) groups is 1. The zero-order chi connectivity index (χ0) is 20.2. The zero-order valence-electron chi connectivity index (χ0n) is 15.8. The maximum atomic E-state index is 14.0. The van der Waals surface area contributed by atoms with E-state index >= 15 is 0 Å². The molecule has 1 atom stereocenters. The van der Waals surface area contributed by atoms with Crippen molar-refractivity contribution in [1.29, 1.82) is 0 Å². The second kappa shape index (κ2) is 8.46. The zero-order valence-corrected chi connectivity index (χ0v) is 16.7. The molecule has 0 amide bonds. The molecule has 0 saturated heterocycles. The van der Waals surface area contributed by atoms with Crippen LogP contribution in [0.25, 0.3) is 0 Å². The predicted octanol–water partition coefficient (Wildman–Crippen LogP) is 1.66. The van der Waals surface area contributed by atoms with E-state index in [1.165, 1.54) is 0 Å². The number of aryl methyl sites for hydroxylation is 3. The summed E-state index contributed by atoms with van der Waals surface area (Å²) in [5.41, 5.74) is 0.426. The summed E-state index contributed by atoms with van der Waals surface area (Å²) in [5, 5.41) is 31.9. The van der Waals surface area contributed by atoms with Crippen molar-refractivity contribution in [3.05, 3.63) is 64.7 Å². The van der Waals surface area contributed by atoms with Crippen molar-refractivity contribution in [3.63, 3.8) is 0 Å². The standard InChI is InChI=1S/C20H26NO5P/c1-14-9-15(2)18(16(3)10-14)19(25)27(26,17-7-5-4-6-8-17)21-20(11-22,12-23)13-24/h4-10,22-24H,11-13H2,1-3H3,(H,21,26). The molecule has 2 rings (SSSR count). The van der Waals surface area contributed by atoms with E-state index in [-0.39, 0.29) is 5.30 Å². The summed E-state index contributed by atoms with van der Waals surface area (Å²) in [5.74, 6) is 0. The van der Waals surface area contributed by atoms with Crippen LogP contribution in [0.3, 0.4) is 0 Å². The van der Waals surface area contributed by atoms with Gasteiger partial charge in [0.25, 0.3) is 0 Å². The fourth-order valence-corrected chi connectivity index (χ4v) is 5.74. The molecule has 0 fully saturated rings. The first-order chi connectivity index (χ1) is 12.7. The van der Waals surface area contributed by atoms with E-state index in [1.54, 1.807) is 44.2 Å². The number of nitrogens with one attached hydrogen (secondary N) is 1. The molecule has 0 saturated carbocycles. The van der Waals surface area contributed by atoms with Gasteiger partial charge in [0.2, 0.25) is 12.8 Å². The SMILES string of the molecule is Cc1cc(C)c(C(=O)P(=O)(NC(CO)(CO)CO)c2ccccc2)c(C)c1. The third-order valence-corrected chi connectivity index (χ3v) is 7.21. The molecule has 0 aromatic heterocycles. The van der Waals surface area contributed by atoms with Crippen LogP contribution in [0.5, 0.6) is 0 Å². The van der Waals surface area contributed by atoms with E-state index in [9.17, 15) is 24.7 Å². The fraction of sp³-hybridized carbons (Fsp3) is 0.350. The molecule has 0 spiro atoms. The molecule has 1 unspecified atom stereocenters. The van der Waals surface area contributed by atoms with Crippen LogP contribution >= 0.6 is 7.29 Å². The summed E-state index contributed by atoms with van der Waals surface area (Å²) in [6, 6.07) is 11.8. The van der Waals surface area contributed by atoms with Crippen molar-refractivity contribution in [2.24, 2.45) is 0 Å². The molecule has 2 aromatic carbocycles. The molecular formula is C20H26NO5P. The number of hydrogen-bond donors (Lipinski definition) is 4. The largest absolute Gasteiger partial charge is 0.394 e. The maximum Gasteiger partial charge on any atom is 0.244 e. The number of benzene rings is 2. The Kier molecular flexibility index (Phi) is 6.73. The minimum absolute atomic E-state index is 0.245. The van der Waals surface area contributed by atoms with Crippen molar-refractivity contribution in [2.45, 2.75) is 26.3 Å². The minimum Gasteiger partial charge on any atom is -0.394 e. The summed E-state index contributed by atoms with van der Waals surface area (Å²) >= 11 is 0. The van der Waals surface area contributed by atoms with E-state index < -0.39 is 38.2 Å². The number of carbonyl (C=O) groups excluding carboxylic acids is 1. The highest BCUT2D eigenvalue weighted by Crippen LogP contribution is 2.47. The average molecular weight is 391 g/mol. The molecule has 6 nitrogen and oxygen atoms in total. The lowest BCUT2D eigenvalue weighted by Gasteiger charge is -2.33. The lowest BCUT2D eigenvalue weighted by atomic mass is 10.0. The van der Waals surface area contributed by atoms with Crippen molar-refractivity contribution >= 4 is 18.1 Å². The Labute approximate surface area is 159 Å². The molecule has 0 radical (unpaired) electrons. The summed E-state index contributed by atoms with van der Waals surface area (Å²) in [6.07, 6.45) is 0. The molecule has 0 heterocycles. The van der Waals surface area contributed by atoms with Gasteiger partial charge in [0.05, 0.1) is 25.4 Å². The number of aliphatic hydroxyl groups excluding tert-OH is 3. The van der Waals surface area contributed by atoms with E-state index in [2.05, 4.69) is 5.09 Å². The first-order valence-corrected chi connectivity index (χ1v) is 10.3. The summed E-state index contributed by atoms with van der Waals surface area (Å²) in [6.45, 7) is 3.42. The van der Waals surface area contributed by atoms with Crippen molar-refractivity contribution < 1.29 is 24.7 Å². The van der Waals surface area contributed by atoms with Gasteiger partial charge in [0, 0.05) is 10.9 Å². The summed E-state index contributed by atoms with van der Waals surface area (Å²) < 4.78 is 14.0. The lowest BCUT2D eigenvalue weighted by Crippen LogP contribution is -2.55. The van der Waals surface area contributed by atoms with Crippen molar-refractivity contribution in [2.75, 3.05) is 19.8 Å². The van der Waals surface area contributed by atoms with Gasteiger partial charge in [-0.3, -0.25) is 9.36 Å². The van der Waals surface area contributed by atoms with E-state index in [0.29, 0.717) is 16.7 Å². The first-order valence-electron chi connectivity index (χ1n) is 8.63. The Morgan fingerprint density at radius 3 is 1.89 bits per heavy atom. The minimum atomic E-state index is -3.99. The lowest BCUT2D eigenvalue weighted by molar-refractivity contribution is 0.0577. The third-order valence-electron chi connectivity index (χ3n) is 4.60. The van der Waals surface area contributed by atoms with Gasteiger partial charge in [-0.25, -0.2) is 5.09 Å². The molecule has 0 aliphatic rings. The van der Waals surface area contributed by atoms with Gasteiger partial charge in [-0.05, 0) is 44.0 Å². The summed E-state index contributed by atoms with van der Waals surface area (Å²) in [4.78, 5) is 13.5. The van der Waals surface area contributed by atoms with Gasteiger partial charge in [-0.1, -0.05) is 35.9 Å². The van der Waals surface area contributed by atoms with E-state index in [1.807, 2.05) is 19.1 Å². The van der Waals surface area contributed by atoms with Crippen LogP contribution in [0, 0.1) is 20.8 Å². The van der Waals surface area contributed by atoms with Gasteiger partial charge in [-0.2, -0.15) is 0 Å². The Balaban J connectivity index is 2.68. The second-order valence-corrected chi connectivity index (χ2v) is 9.25. The summed E-state index contributed by atoms with van der Waals surface area (Å²) in [7, 11) is -3.99. The molecular weight excluding hydrogens is 365 g/mol. The Bertz CT molecular complexity index is 831. The van der Waals surface area contributed by atoms with E-state index in [4.69, 9.17) is 0 Å². The molecule has 4 N–H and O–H groups in total. The highest BCUT2D eigenvalue weighted by molar-refractivity contribution is 7.85. The fourth-order valence-electron chi connectivity index (χ4n) is 3.14. The van der Waals surface area contributed by atoms with Crippen LogP contribution in [0.1, 0.15) is 27.0 Å². The van der Waals surface area contributed by atoms with Crippen molar-refractivity contribution in [3.8, 4) is 0 Å². The Morgan fingerprint density at radius 2 is 1.44 bits per heavy atom. The molecule has 146 valence electrons. The Morgan fingerprint density at radius 1 is 0.963 bits per heavy atom. The van der Waals surface area contributed by atoms with Gasteiger partial charge < -0.3 is 15.3 Å². The van der Waals surface area contributed by atoms with Crippen molar-refractivity contribution in [1.82, 2.24) is 5.09 Å². The molecule has 0 aliphatic carbocycles. The van der Waals surface area contributed by atoms with Gasteiger partial charge in [0.15, 0.2) is 0 Å². The predicted molar refractivity (Wildman–Crippen MR) is 106 cm³/mol. The molecule has 0 aliphatic heterocycles. The monoisotopic (exact) mass is 391 g/mol. The number of rotatable bonds is 8. The molecule has 27 heavy (non-hydrogen) atoms. The van der Waals surface area contributed by atoms with E-state index in [0.717, 1.165) is 5.56 Å². The van der Waals surface area contributed by atoms with Crippen LogP contribution in [-0.2, 0) is 4.57 Å². The van der Waals surface area contributed by atoms with Gasteiger partial charge in [0.1, 0.15) is 0 Å². The Hall–Kier alpha value is -1.82. The highest BCUT2D eigenvalue weighted by Gasteiger charge is 2.43. The third kappa shape index (κ3) is 4.21. The number of aliphatic hydroxyl groups is 3. The molecule has 0 bridgehead atoms. The van der Waals surface area contributed by atoms with Gasteiger partial charge >= 0.3 is 0 Å². The average Bonchev–Trinajstić information content (AvgIpc) is 2.66. The maximum absolute atomic E-state index is 14.0. The smallest absolute Gasteiger partial charge is 0.244 e. The normalized spacial score (nSPS) is 14.0. The van der Waals surface area contributed by atoms with Crippen LogP contribution < -0.4 is 10.4 Å². The molecule has 2 aromatic rings. The van der Waals surface area contributed by atoms with Crippen LogP contribution in [0.15, 0.2) is 42.5 Å². The van der Waals surface area contributed by atoms with Crippen LogP contribution in [-0.4, -0.2) is 46.2 Å². The van der Waals surface area contributed by atoms with Gasteiger partial charge in [-0.15, -0.1) is 0 Å². The molecule has 7 heteroatoms. The second-order valence-electron chi connectivity index (χ2n) is 6.89. The van der Waals surface area contributed by atoms with Crippen LogP contribution in [0.2, 0.25) is 0 Å². The topological polar surface area (TPSA) is 107 Å². The number of hydrogen-bond acceptors (Lipinski definition) is 5.